The van der Waals surface area contributed by atoms with E-state index in [0.717, 1.165) is 0 Å². The summed E-state index contributed by atoms with van der Waals surface area (Å²) in [5, 5.41) is 9.65. The van der Waals surface area contributed by atoms with Gasteiger partial charge in [-0.25, -0.2) is 0 Å². The van der Waals surface area contributed by atoms with Crippen molar-refractivity contribution < 1.29 is 27.6 Å². The van der Waals surface area contributed by atoms with Gasteiger partial charge in [0.1, 0.15) is 17.3 Å². The second kappa shape index (κ2) is 5.35. The van der Waals surface area contributed by atoms with E-state index in [-0.39, 0.29) is 0 Å². The van der Waals surface area contributed by atoms with Crippen LogP contribution in [0.5, 0.6) is 11.5 Å². The van der Waals surface area contributed by atoms with Crippen molar-refractivity contribution in [2.75, 3.05) is 20.0 Å². The molecule has 1 unspecified atom stereocenters. The Kier molecular flexibility index (Phi) is 4.33. The van der Waals surface area contributed by atoms with Crippen molar-refractivity contribution in [3.05, 3.63) is 23.8 Å². The lowest BCUT2D eigenvalue weighted by Gasteiger charge is -2.12. The summed E-state index contributed by atoms with van der Waals surface area (Å²) >= 11 is 0. The average molecular weight is 262 g/mol. The van der Waals surface area contributed by atoms with Crippen molar-refractivity contribution in [1.82, 2.24) is 0 Å². The van der Waals surface area contributed by atoms with E-state index < -0.39 is 22.0 Å². The molecule has 1 aromatic carbocycles. The summed E-state index contributed by atoms with van der Waals surface area (Å²) in [5.74, 6) is 0.0750. The van der Waals surface area contributed by atoms with Gasteiger partial charge in [0.25, 0.3) is 10.1 Å². The molecule has 0 aliphatic carbocycles. The molecule has 0 fully saturated rings. The highest BCUT2D eigenvalue weighted by Gasteiger charge is 2.17. The first kappa shape index (κ1) is 13.8. The molecule has 1 atom stereocenters. The van der Waals surface area contributed by atoms with E-state index in [0.29, 0.717) is 17.1 Å². The first-order valence-electron chi connectivity index (χ1n) is 4.72. The quantitative estimate of drug-likeness (QED) is 0.756. The minimum Gasteiger partial charge on any atom is -0.497 e. The molecule has 0 heterocycles. The molecule has 2 N–H and O–H groups in total. The van der Waals surface area contributed by atoms with Gasteiger partial charge in [-0.2, -0.15) is 8.42 Å². The number of rotatable bonds is 5. The van der Waals surface area contributed by atoms with Crippen LogP contribution in [0.2, 0.25) is 0 Å². The molecule has 1 rings (SSSR count). The van der Waals surface area contributed by atoms with E-state index in [4.69, 9.17) is 14.0 Å². The highest BCUT2D eigenvalue weighted by atomic mass is 32.2. The standard InChI is InChI=1S/C10H14O6S/c1-15-8-3-7(4-9(5-8)16-2)10(11)6-17(12,13)14/h3-5,10-11H,6H2,1-2H3,(H,12,13,14). The highest BCUT2D eigenvalue weighted by Crippen LogP contribution is 2.26. The zero-order valence-electron chi connectivity index (χ0n) is 9.45. The van der Waals surface area contributed by atoms with Crippen LogP contribution in [0.4, 0.5) is 0 Å². The van der Waals surface area contributed by atoms with Crippen LogP contribution in [0.3, 0.4) is 0 Å². The molecule has 7 heteroatoms. The van der Waals surface area contributed by atoms with Crippen molar-refractivity contribution in [2.45, 2.75) is 6.10 Å². The van der Waals surface area contributed by atoms with Gasteiger partial charge in [0.05, 0.1) is 20.3 Å². The first-order chi connectivity index (χ1) is 7.85. The summed E-state index contributed by atoms with van der Waals surface area (Å²) in [6.07, 6.45) is -1.34. The van der Waals surface area contributed by atoms with Gasteiger partial charge in [0, 0.05) is 6.07 Å². The Balaban J connectivity index is 3.04. The van der Waals surface area contributed by atoms with E-state index >= 15 is 0 Å². The maximum Gasteiger partial charge on any atom is 0.267 e. The maximum absolute atomic E-state index is 10.7. The zero-order chi connectivity index (χ0) is 13.1. The number of aliphatic hydroxyl groups is 1. The molecule has 0 aromatic heterocycles. The predicted octanol–water partition coefficient (Wildman–Crippen LogP) is 0.625. The van der Waals surface area contributed by atoms with E-state index in [1.807, 2.05) is 0 Å². The second-order valence-corrected chi connectivity index (χ2v) is 4.91. The van der Waals surface area contributed by atoms with Gasteiger partial charge in [0.15, 0.2) is 0 Å². The van der Waals surface area contributed by atoms with Gasteiger partial charge in [-0.15, -0.1) is 0 Å². The third-order valence-corrected chi connectivity index (χ3v) is 2.86. The summed E-state index contributed by atoms with van der Waals surface area (Å²) in [7, 11) is -1.37. The highest BCUT2D eigenvalue weighted by molar-refractivity contribution is 7.85. The topological polar surface area (TPSA) is 93.1 Å². The van der Waals surface area contributed by atoms with Crippen molar-refractivity contribution >= 4 is 10.1 Å². The van der Waals surface area contributed by atoms with Crippen molar-refractivity contribution in [2.24, 2.45) is 0 Å². The lowest BCUT2D eigenvalue weighted by Crippen LogP contribution is -2.13. The maximum atomic E-state index is 10.7. The van der Waals surface area contributed by atoms with Gasteiger partial charge >= 0.3 is 0 Å². The second-order valence-electron chi connectivity index (χ2n) is 3.41. The molecule has 0 aliphatic rings. The van der Waals surface area contributed by atoms with Crippen LogP contribution in [0.1, 0.15) is 11.7 Å². The lowest BCUT2D eigenvalue weighted by atomic mass is 10.1. The van der Waals surface area contributed by atoms with Gasteiger partial charge in [-0.1, -0.05) is 0 Å². The minimum atomic E-state index is -4.24. The fourth-order valence-electron chi connectivity index (χ4n) is 1.32. The summed E-state index contributed by atoms with van der Waals surface area (Å²) in [6.45, 7) is 0. The molecule has 0 bridgehead atoms. The molecule has 0 spiro atoms. The van der Waals surface area contributed by atoms with Crippen LogP contribution in [0, 0.1) is 0 Å². The Morgan fingerprint density at radius 3 is 2.00 bits per heavy atom. The fourth-order valence-corrected chi connectivity index (χ4v) is 1.91. The first-order valence-corrected chi connectivity index (χ1v) is 6.33. The molecule has 0 saturated carbocycles. The minimum absolute atomic E-state index is 0.291. The zero-order valence-corrected chi connectivity index (χ0v) is 10.3. The third-order valence-electron chi connectivity index (χ3n) is 2.13. The Morgan fingerprint density at radius 2 is 1.65 bits per heavy atom. The smallest absolute Gasteiger partial charge is 0.267 e. The lowest BCUT2D eigenvalue weighted by molar-refractivity contribution is 0.198. The molecule has 17 heavy (non-hydrogen) atoms. The predicted molar refractivity (Wildman–Crippen MR) is 60.9 cm³/mol. The normalized spacial score (nSPS) is 13.2. The number of aliphatic hydroxyl groups excluding tert-OH is 1. The van der Waals surface area contributed by atoms with E-state index in [2.05, 4.69) is 0 Å². The Bertz CT molecular complexity index is 459. The number of benzene rings is 1. The largest absolute Gasteiger partial charge is 0.497 e. The summed E-state index contributed by atoms with van der Waals surface area (Å²) in [5.41, 5.74) is 0.291. The van der Waals surface area contributed by atoms with E-state index in [1.165, 1.54) is 26.4 Å². The van der Waals surface area contributed by atoms with Gasteiger partial charge in [-0.05, 0) is 17.7 Å². The molecular formula is C10H14O6S. The number of methoxy groups -OCH3 is 2. The van der Waals surface area contributed by atoms with Crippen LogP contribution in [0.25, 0.3) is 0 Å². The average Bonchev–Trinajstić information content (AvgIpc) is 2.26. The number of hydrogen-bond donors (Lipinski definition) is 2. The van der Waals surface area contributed by atoms with E-state index in [1.54, 1.807) is 6.07 Å². The SMILES string of the molecule is COc1cc(OC)cc(C(O)CS(=O)(=O)O)c1. The monoisotopic (exact) mass is 262 g/mol. The molecule has 0 saturated heterocycles. The van der Waals surface area contributed by atoms with Crippen molar-refractivity contribution in [1.29, 1.82) is 0 Å². The van der Waals surface area contributed by atoms with E-state index in [9.17, 15) is 13.5 Å². The molecule has 0 aliphatic heterocycles. The van der Waals surface area contributed by atoms with Gasteiger partial charge < -0.3 is 14.6 Å². The van der Waals surface area contributed by atoms with Gasteiger partial charge in [0.2, 0.25) is 0 Å². The molecular weight excluding hydrogens is 248 g/mol. The van der Waals surface area contributed by atoms with Crippen molar-refractivity contribution in [3.8, 4) is 11.5 Å². The summed E-state index contributed by atoms with van der Waals surface area (Å²) < 4.78 is 39.9. The molecule has 96 valence electrons. The van der Waals surface area contributed by atoms with Crippen LogP contribution >= 0.6 is 0 Å². The summed E-state index contributed by atoms with van der Waals surface area (Å²) in [6, 6.07) is 4.53. The van der Waals surface area contributed by atoms with Crippen LogP contribution in [0.15, 0.2) is 18.2 Å². The molecule has 0 amide bonds. The third kappa shape index (κ3) is 4.22. The Hall–Kier alpha value is -1.31. The van der Waals surface area contributed by atoms with Crippen LogP contribution in [-0.4, -0.2) is 38.0 Å². The Morgan fingerprint density at radius 1 is 1.18 bits per heavy atom. The number of hydrogen-bond acceptors (Lipinski definition) is 5. The number of ether oxygens (including phenoxy) is 2. The Labute approximate surface area is 99.5 Å². The van der Waals surface area contributed by atoms with Crippen LogP contribution < -0.4 is 9.47 Å². The van der Waals surface area contributed by atoms with Gasteiger partial charge in [-0.3, -0.25) is 4.55 Å². The van der Waals surface area contributed by atoms with Crippen LogP contribution in [-0.2, 0) is 10.1 Å². The molecule has 0 radical (unpaired) electrons. The fraction of sp³-hybridized carbons (Fsp3) is 0.400. The summed E-state index contributed by atoms with van der Waals surface area (Å²) in [4.78, 5) is 0. The van der Waals surface area contributed by atoms with Crippen molar-refractivity contribution in [3.63, 3.8) is 0 Å². The molecule has 6 nitrogen and oxygen atoms in total. The molecule has 1 aromatic rings.